The zero-order valence-electron chi connectivity index (χ0n) is 20.5. The Kier molecular flexibility index (Phi) is 20.4. The summed E-state index contributed by atoms with van der Waals surface area (Å²) in [5, 5.41) is 3.06. The molecule has 0 saturated heterocycles. The fourth-order valence-corrected chi connectivity index (χ4v) is 3.87. The van der Waals surface area contributed by atoms with Gasteiger partial charge in [0.25, 0.3) is 0 Å². The van der Waals surface area contributed by atoms with Gasteiger partial charge in [0.2, 0.25) is 5.91 Å². The molecule has 0 bridgehead atoms. The molecule has 0 aliphatic carbocycles. The number of carbonyl (C=O) groups excluding carboxylic acids is 1. The third kappa shape index (κ3) is 22.0. The smallest absolute Gasteiger partial charge is 0.220 e. The van der Waals surface area contributed by atoms with Gasteiger partial charge in [-0.05, 0) is 26.7 Å². The lowest BCUT2D eigenvalue weighted by Crippen LogP contribution is -2.42. The molecule has 2 nitrogen and oxygen atoms in total. The summed E-state index contributed by atoms with van der Waals surface area (Å²) >= 11 is 0. The molecule has 0 unspecified atom stereocenters. The molecule has 0 aromatic carbocycles. The summed E-state index contributed by atoms with van der Waals surface area (Å²) in [5.74, 6) is 0.186. The Labute approximate surface area is 184 Å². The standard InChI is InChI=1S/C27H54NO/c1-5-7-8-9-10-11-12-13-14-15-16-17-18-19-20-21-22-23-24-25-26(29)28-27(3,4)6-2/h2,5-25H2,1,3-4H3,(H,28,29). The van der Waals surface area contributed by atoms with Crippen LogP contribution in [-0.4, -0.2) is 11.4 Å². The molecule has 2 heteroatoms. The Morgan fingerprint density at radius 1 is 0.621 bits per heavy atom. The Morgan fingerprint density at radius 2 is 0.931 bits per heavy atom. The van der Waals surface area contributed by atoms with Crippen molar-refractivity contribution in [3.63, 3.8) is 0 Å². The van der Waals surface area contributed by atoms with Crippen LogP contribution in [0, 0.1) is 6.92 Å². The van der Waals surface area contributed by atoms with Crippen molar-refractivity contribution >= 4 is 5.91 Å². The first-order chi connectivity index (χ1) is 14.0. The summed E-state index contributed by atoms with van der Waals surface area (Å²) < 4.78 is 0. The van der Waals surface area contributed by atoms with Gasteiger partial charge in [0.1, 0.15) is 0 Å². The summed E-state index contributed by atoms with van der Waals surface area (Å²) in [7, 11) is 0. The number of carbonyl (C=O) groups is 1. The van der Waals surface area contributed by atoms with Crippen LogP contribution in [0.3, 0.4) is 0 Å². The zero-order valence-corrected chi connectivity index (χ0v) is 20.5. The van der Waals surface area contributed by atoms with Crippen LogP contribution in [0.4, 0.5) is 0 Å². The Morgan fingerprint density at radius 3 is 1.24 bits per heavy atom. The molecule has 0 heterocycles. The maximum atomic E-state index is 11.9. The lowest BCUT2D eigenvalue weighted by atomic mass is 10.0. The van der Waals surface area contributed by atoms with E-state index in [1.54, 1.807) is 0 Å². The van der Waals surface area contributed by atoms with Crippen LogP contribution in [0.2, 0.25) is 0 Å². The Bertz CT molecular complexity index is 350. The van der Waals surface area contributed by atoms with Crippen LogP contribution >= 0.6 is 0 Å². The van der Waals surface area contributed by atoms with Gasteiger partial charge in [0, 0.05) is 12.0 Å². The van der Waals surface area contributed by atoms with E-state index in [9.17, 15) is 4.79 Å². The number of hydrogen-bond acceptors (Lipinski definition) is 1. The second-order valence-electron chi connectivity index (χ2n) is 9.80. The molecule has 0 aliphatic heterocycles. The van der Waals surface area contributed by atoms with Gasteiger partial charge in [-0.3, -0.25) is 4.79 Å². The largest absolute Gasteiger partial charge is 0.351 e. The van der Waals surface area contributed by atoms with Gasteiger partial charge in [-0.15, -0.1) is 0 Å². The quantitative estimate of drug-likeness (QED) is 0.178. The normalized spacial score (nSPS) is 11.7. The predicted molar refractivity (Wildman–Crippen MR) is 130 cm³/mol. The third-order valence-corrected chi connectivity index (χ3v) is 6.11. The van der Waals surface area contributed by atoms with Crippen molar-refractivity contribution in [2.75, 3.05) is 0 Å². The van der Waals surface area contributed by atoms with Gasteiger partial charge in [-0.1, -0.05) is 129 Å². The van der Waals surface area contributed by atoms with Crippen molar-refractivity contribution in [1.29, 1.82) is 0 Å². The Balaban J connectivity index is 3.16. The number of hydrogen-bond donors (Lipinski definition) is 1. The van der Waals surface area contributed by atoms with E-state index in [2.05, 4.69) is 19.2 Å². The van der Waals surface area contributed by atoms with Crippen LogP contribution in [0.1, 0.15) is 156 Å². The van der Waals surface area contributed by atoms with Crippen molar-refractivity contribution < 1.29 is 4.79 Å². The molecule has 0 fully saturated rings. The van der Waals surface area contributed by atoms with Crippen molar-refractivity contribution in [1.82, 2.24) is 5.32 Å². The van der Waals surface area contributed by atoms with Crippen LogP contribution in [-0.2, 0) is 4.79 Å². The fraction of sp³-hybridized carbons (Fsp3) is 0.926. The lowest BCUT2D eigenvalue weighted by Gasteiger charge is -2.24. The number of nitrogens with one attached hydrogen (secondary N) is 1. The van der Waals surface area contributed by atoms with E-state index in [4.69, 9.17) is 0 Å². The second-order valence-corrected chi connectivity index (χ2v) is 9.80. The highest BCUT2D eigenvalue weighted by molar-refractivity contribution is 5.76. The molecule has 29 heavy (non-hydrogen) atoms. The zero-order chi connectivity index (χ0) is 21.6. The summed E-state index contributed by atoms with van der Waals surface area (Å²) in [4.78, 5) is 11.9. The second kappa shape index (κ2) is 20.7. The van der Waals surface area contributed by atoms with Crippen molar-refractivity contribution in [3.8, 4) is 0 Å². The summed E-state index contributed by atoms with van der Waals surface area (Å²) in [6.45, 7) is 10.2. The molecule has 1 amide bonds. The highest BCUT2D eigenvalue weighted by Crippen LogP contribution is 2.15. The SMILES string of the molecule is [CH2]CC(C)(C)NC(=O)CCCCCCCCCCCCCCCCCCCCC. The maximum Gasteiger partial charge on any atom is 0.220 e. The van der Waals surface area contributed by atoms with E-state index >= 15 is 0 Å². The molecule has 0 rings (SSSR count). The molecular weight excluding hydrogens is 354 g/mol. The van der Waals surface area contributed by atoms with E-state index in [1.165, 1.54) is 116 Å². The molecule has 0 atom stereocenters. The van der Waals surface area contributed by atoms with Crippen LogP contribution in [0.25, 0.3) is 0 Å². The van der Waals surface area contributed by atoms with Gasteiger partial charge >= 0.3 is 0 Å². The minimum atomic E-state index is -0.162. The van der Waals surface area contributed by atoms with Gasteiger partial charge in [-0.25, -0.2) is 0 Å². The summed E-state index contributed by atoms with van der Waals surface area (Å²) in [6.07, 6.45) is 27.7. The highest BCUT2D eigenvalue weighted by Gasteiger charge is 2.16. The van der Waals surface area contributed by atoms with E-state index in [0.29, 0.717) is 6.42 Å². The first kappa shape index (κ1) is 28.5. The van der Waals surface area contributed by atoms with E-state index in [-0.39, 0.29) is 11.4 Å². The van der Waals surface area contributed by atoms with Gasteiger partial charge in [0.05, 0.1) is 0 Å². The lowest BCUT2D eigenvalue weighted by molar-refractivity contribution is -0.122. The minimum Gasteiger partial charge on any atom is -0.351 e. The highest BCUT2D eigenvalue weighted by atomic mass is 16.1. The molecule has 0 aromatic rings. The molecule has 0 saturated carbocycles. The summed E-state index contributed by atoms with van der Waals surface area (Å²) in [5.41, 5.74) is -0.162. The summed E-state index contributed by atoms with van der Waals surface area (Å²) in [6, 6.07) is 0. The topological polar surface area (TPSA) is 29.1 Å². The third-order valence-electron chi connectivity index (χ3n) is 6.11. The van der Waals surface area contributed by atoms with Crippen LogP contribution < -0.4 is 5.32 Å². The molecule has 1 N–H and O–H groups in total. The minimum absolute atomic E-state index is 0.162. The number of rotatable bonds is 22. The van der Waals surface area contributed by atoms with Crippen molar-refractivity contribution in [2.45, 2.75) is 161 Å². The van der Waals surface area contributed by atoms with Gasteiger partial charge in [-0.2, -0.15) is 0 Å². The van der Waals surface area contributed by atoms with E-state index < -0.39 is 0 Å². The molecule has 173 valence electrons. The van der Waals surface area contributed by atoms with Crippen LogP contribution in [0.15, 0.2) is 0 Å². The monoisotopic (exact) mass is 408 g/mol. The first-order valence-corrected chi connectivity index (χ1v) is 13.1. The number of unbranched alkanes of at least 4 members (excludes halogenated alkanes) is 18. The average molecular weight is 409 g/mol. The maximum absolute atomic E-state index is 11.9. The van der Waals surface area contributed by atoms with E-state index in [0.717, 1.165) is 12.8 Å². The molecule has 1 radical (unpaired) electrons. The van der Waals surface area contributed by atoms with Gasteiger partial charge < -0.3 is 5.32 Å². The Hall–Kier alpha value is -0.530. The molecule has 0 aromatic heterocycles. The molecule has 0 spiro atoms. The van der Waals surface area contributed by atoms with E-state index in [1.807, 2.05) is 13.8 Å². The fourth-order valence-electron chi connectivity index (χ4n) is 3.87. The van der Waals surface area contributed by atoms with Gasteiger partial charge in [0.15, 0.2) is 0 Å². The average Bonchev–Trinajstić information content (AvgIpc) is 2.69. The van der Waals surface area contributed by atoms with Crippen LogP contribution in [0.5, 0.6) is 0 Å². The molecular formula is C27H54NO. The first-order valence-electron chi connectivity index (χ1n) is 13.1. The van der Waals surface area contributed by atoms with Crippen molar-refractivity contribution in [2.24, 2.45) is 0 Å². The van der Waals surface area contributed by atoms with Crippen molar-refractivity contribution in [3.05, 3.63) is 6.92 Å². The molecule has 0 aliphatic rings. The predicted octanol–water partition coefficient (Wildman–Crippen LogP) is 8.93. The number of amides is 1.